The van der Waals surface area contributed by atoms with Gasteiger partial charge in [-0.15, -0.1) is 11.8 Å². The minimum atomic E-state index is -1.16. The fourth-order valence-corrected chi connectivity index (χ4v) is 5.59. The summed E-state index contributed by atoms with van der Waals surface area (Å²) in [5, 5.41) is 16.3. The number of nitrogens with one attached hydrogen (secondary N) is 1. The predicted molar refractivity (Wildman–Crippen MR) is 145 cm³/mol. The highest BCUT2D eigenvalue weighted by Gasteiger charge is 2.36. The highest BCUT2D eigenvalue weighted by atomic mass is 35.5. The predicted octanol–water partition coefficient (Wildman–Crippen LogP) is 6.52. The summed E-state index contributed by atoms with van der Waals surface area (Å²) in [6, 6.07) is 10.1. The van der Waals surface area contributed by atoms with Crippen molar-refractivity contribution in [2.75, 3.05) is 10.7 Å². The van der Waals surface area contributed by atoms with Crippen molar-refractivity contribution in [2.45, 2.75) is 63.4 Å². The van der Waals surface area contributed by atoms with Crippen LogP contribution in [0, 0.1) is 11.7 Å². The van der Waals surface area contributed by atoms with Gasteiger partial charge in [-0.1, -0.05) is 49.7 Å². The lowest BCUT2D eigenvalue weighted by Gasteiger charge is -2.31. The molecule has 38 heavy (non-hydrogen) atoms. The topological polar surface area (TPSA) is 109 Å². The summed E-state index contributed by atoms with van der Waals surface area (Å²) >= 11 is 7.43. The van der Waals surface area contributed by atoms with Gasteiger partial charge >= 0.3 is 6.09 Å². The van der Waals surface area contributed by atoms with Crippen molar-refractivity contribution >= 4 is 41.1 Å². The minimum Gasteiger partial charge on any atom is -0.465 e. The number of rotatable bonds is 6. The van der Waals surface area contributed by atoms with Crippen molar-refractivity contribution in [3.8, 4) is 11.4 Å². The van der Waals surface area contributed by atoms with Crippen molar-refractivity contribution in [2.24, 2.45) is 5.92 Å². The number of aromatic nitrogens is 2. The molecule has 0 aliphatic carbocycles. The third kappa shape index (κ3) is 6.30. The Hall–Kier alpha value is -3.11. The molecule has 1 aliphatic rings. The number of carbonyl (C=O) groups excluding carboxylic acids is 1. The quantitative estimate of drug-likeness (QED) is 0.353. The summed E-state index contributed by atoms with van der Waals surface area (Å²) in [7, 11) is 0. The first-order chi connectivity index (χ1) is 17.7. The van der Waals surface area contributed by atoms with Gasteiger partial charge in [-0.25, -0.2) is 9.18 Å². The minimum absolute atomic E-state index is 0.103. The third-order valence-corrected chi connectivity index (χ3v) is 7.62. The number of anilines is 1. The summed E-state index contributed by atoms with van der Waals surface area (Å²) in [6.45, 7) is 9.45. The van der Waals surface area contributed by atoms with Crippen LogP contribution in [-0.2, 0) is 16.8 Å². The molecule has 2 heterocycles. The zero-order valence-corrected chi connectivity index (χ0v) is 23.4. The van der Waals surface area contributed by atoms with Gasteiger partial charge in [-0.2, -0.15) is 4.98 Å². The first kappa shape index (κ1) is 27.9. The number of benzene rings is 2. The van der Waals surface area contributed by atoms with E-state index >= 15 is 4.39 Å². The number of carboxylic acid groups (broad SMARTS) is 1. The first-order valence-corrected chi connectivity index (χ1v) is 13.5. The van der Waals surface area contributed by atoms with Crippen molar-refractivity contribution in [3.63, 3.8) is 0 Å². The Balaban J connectivity index is 1.77. The van der Waals surface area contributed by atoms with Crippen LogP contribution in [0.1, 0.15) is 52.5 Å². The molecule has 1 aromatic heterocycles. The van der Waals surface area contributed by atoms with Gasteiger partial charge < -0.3 is 19.8 Å². The molecule has 0 fully saturated rings. The number of hydrogen-bond acceptors (Lipinski definition) is 6. The standard InChI is InChI=1S/C27H30ClFN4O4S/c1-26(2,3)24-30-22(32-37-24)18-10-20-21(11-19(18)29)38-14-16(12-27(4,5)31-25(35)36)23(34)33(20)13-15-6-8-17(28)9-7-15/h6-11,16,31H,12-14H2,1-5H3,(H,35,36)/t16-/m0/s1. The van der Waals surface area contributed by atoms with Gasteiger partial charge in [0.1, 0.15) is 5.82 Å². The van der Waals surface area contributed by atoms with Crippen LogP contribution < -0.4 is 10.2 Å². The summed E-state index contributed by atoms with van der Waals surface area (Å²) < 4.78 is 20.8. The van der Waals surface area contributed by atoms with Crippen LogP contribution in [0.5, 0.6) is 0 Å². The van der Waals surface area contributed by atoms with E-state index in [-0.39, 0.29) is 30.3 Å². The highest BCUT2D eigenvalue weighted by Crippen LogP contribution is 2.42. The molecule has 0 saturated carbocycles. The molecule has 2 amide bonds. The van der Waals surface area contributed by atoms with Gasteiger partial charge in [0.2, 0.25) is 17.6 Å². The smallest absolute Gasteiger partial charge is 0.405 e. The Labute approximate surface area is 229 Å². The number of amides is 2. The van der Waals surface area contributed by atoms with Gasteiger partial charge in [-0.05, 0) is 50.1 Å². The van der Waals surface area contributed by atoms with Crippen molar-refractivity contribution < 1.29 is 23.6 Å². The maximum absolute atomic E-state index is 15.4. The molecule has 0 spiro atoms. The molecule has 3 aromatic rings. The van der Waals surface area contributed by atoms with Gasteiger partial charge in [0, 0.05) is 26.6 Å². The van der Waals surface area contributed by atoms with Gasteiger partial charge in [0.05, 0.1) is 23.7 Å². The molecule has 202 valence electrons. The van der Waals surface area contributed by atoms with E-state index in [2.05, 4.69) is 15.5 Å². The SMILES string of the molecule is CC(C)(C[C@H]1CSc2cc(F)c(-c3noc(C(C)(C)C)n3)cc2N(Cc2ccc(Cl)cc2)C1=O)NC(=O)O. The number of halogens is 2. The summed E-state index contributed by atoms with van der Waals surface area (Å²) in [4.78, 5) is 31.9. The summed E-state index contributed by atoms with van der Waals surface area (Å²) in [5.74, 6) is -0.394. The van der Waals surface area contributed by atoms with E-state index in [4.69, 9.17) is 16.1 Å². The zero-order valence-electron chi connectivity index (χ0n) is 21.8. The molecule has 2 N–H and O–H groups in total. The maximum atomic E-state index is 15.4. The molecule has 0 saturated heterocycles. The molecule has 0 unspecified atom stereocenters. The third-order valence-electron chi connectivity index (χ3n) is 6.16. The van der Waals surface area contributed by atoms with Crippen LogP contribution in [-0.4, -0.2) is 38.5 Å². The fraction of sp³-hybridized carbons (Fsp3) is 0.407. The average Bonchev–Trinajstić information content (AvgIpc) is 3.27. The van der Waals surface area contributed by atoms with E-state index in [9.17, 15) is 14.7 Å². The van der Waals surface area contributed by atoms with E-state index in [0.29, 0.717) is 27.2 Å². The Morgan fingerprint density at radius 2 is 1.92 bits per heavy atom. The lowest BCUT2D eigenvalue weighted by molar-refractivity contribution is -0.122. The van der Waals surface area contributed by atoms with E-state index in [1.54, 1.807) is 36.9 Å². The fourth-order valence-electron chi connectivity index (χ4n) is 4.32. The molecule has 2 aromatic carbocycles. The number of hydrogen-bond donors (Lipinski definition) is 2. The van der Waals surface area contributed by atoms with E-state index in [0.717, 1.165) is 5.56 Å². The second-order valence-corrected chi connectivity index (χ2v) is 12.5. The molecular formula is C27H30ClFN4O4S. The van der Waals surface area contributed by atoms with Crippen LogP contribution in [0.25, 0.3) is 11.4 Å². The molecular weight excluding hydrogens is 531 g/mol. The number of fused-ring (bicyclic) bond motifs is 1. The van der Waals surface area contributed by atoms with E-state index in [1.165, 1.54) is 17.8 Å². The van der Waals surface area contributed by atoms with Crippen molar-refractivity contribution in [1.82, 2.24) is 15.5 Å². The van der Waals surface area contributed by atoms with Gasteiger partial charge in [0.25, 0.3) is 0 Å². The first-order valence-electron chi connectivity index (χ1n) is 12.1. The normalized spacial score (nSPS) is 16.2. The Morgan fingerprint density at radius 3 is 2.53 bits per heavy atom. The van der Waals surface area contributed by atoms with Gasteiger partial charge in [0.15, 0.2) is 0 Å². The largest absolute Gasteiger partial charge is 0.465 e. The molecule has 1 aliphatic heterocycles. The Kier molecular flexibility index (Phi) is 7.76. The van der Waals surface area contributed by atoms with Crippen LogP contribution in [0.15, 0.2) is 45.8 Å². The Morgan fingerprint density at radius 1 is 1.24 bits per heavy atom. The second-order valence-electron chi connectivity index (χ2n) is 11.0. The zero-order chi connectivity index (χ0) is 27.8. The lowest BCUT2D eigenvalue weighted by atomic mass is 9.90. The van der Waals surface area contributed by atoms with Crippen molar-refractivity contribution in [3.05, 3.63) is 58.7 Å². The van der Waals surface area contributed by atoms with E-state index in [1.807, 2.05) is 32.9 Å². The molecule has 11 heteroatoms. The van der Waals surface area contributed by atoms with E-state index < -0.39 is 28.8 Å². The van der Waals surface area contributed by atoms with Crippen molar-refractivity contribution in [1.29, 1.82) is 0 Å². The number of carbonyl (C=O) groups is 2. The van der Waals surface area contributed by atoms with Crippen LogP contribution in [0.4, 0.5) is 14.9 Å². The maximum Gasteiger partial charge on any atom is 0.405 e. The second kappa shape index (κ2) is 10.6. The lowest BCUT2D eigenvalue weighted by Crippen LogP contribution is -2.47. The highest BCUT2D eigenvalue weighted by molar-refractivity contribution is 7.99. The molecule has 0 radical (unpaired) electrons. The monoisotopic (exact) mass is 560 g/mol. The summed E-state index contributed by atoms with van der Waals surface area (Å²) in [6.07, 6.45) is -0.891. The van der Waals surface area contributed by atoms with Crippen LogP contribution in [0.2, 0.25) is 5.02 Å². The molecule has 4 rings (SSSR count). The van der Waals surface area contributed by atoms with Gasteiger partial charge in [-0.3, -0.25) is 4.79 Å². The number of thioether (sulfide) groups is 1. The molecule has 8 nitrogen and oxygen atoms in total. The van der Waals surface area contributed by atoms with Crippen LogP contribution >= 0.6 is 23.4 Å². The van der Waals surface area contributed by atoms with Crippen LogP contribution in [0.3, 0.4) is 0 Å². The summed E-state index contributed by atoms with van der Waals surface area (Å²) in [5.41, 5.74) is 0.232. The molecule has 0 bridgehead atoms. The number of nitrogens with zero attached hydrogens (tertiary/aromatic N) is 3. The average molecular weight is 561 g/mol. The molecule has 1 atom stereocenters. The Bertz CT molecular complexity index is 1350.